The van der Waals surface area contributed by atoms with E-state index >= 15 is 0 Å². The minimum Gasteiger partial charge on any atom is -0.126 e. The molecule has 2 aromatic rings. The van der Waals surface area contributed by atoms with E-state index in [2.05, 4.69) is 68.8 Å². The van der Waals surface area contributed by atoms with Crippen LogP contribution in [0.25, 0.3) is 0 Å². The number of hydrogen-bond donors (Lipinski definition) is 0. The average molecular weight is 299 g/mol. The van der Waals surface area contributed by atoms with Crippen molar-refractivity contribution in [1.29, 1.82) is 0 Å². The predicted octanol–water partition coefficient (Wildman–Crippen LogP) is 3.90. The number of aryl methyl sites for hydroxylation is 2. The van der Waals surface area contributed by atoms with Crippen LogP contribution in [0.15, 0.2) is 48.5 Å². The normalized spacial score (nSPS) is 8.82. The summed E-state index contributed by atoms with van der Waals surface area (Å²) in [4.78, 5) is 0. The first kappa shape index (κ1) is 16.4. The van der Waals surface area contributed by atoms with Gasteiger partial charge in [-0.1, -0.05) is 35.4 Å². The van der Waals surface area contributed by atoms with Crippen LogP contribution in [-0.4, -0.2) is 0 Å². The molecule has 0 unspecified atom stereocenters. The van der Waals surface area contributed by atoms with E-state index in [1.54, 1.807) is 0 Å². The van der Waals surface area contributed by atoms with Crippen LogP contribution in [0, 0.1) is 20.3 Å². The molecule has 0 aliphatic carbocycles. The Kier molecular flexibility index (Phi) is 7.37. The monoisotopic (exact) mass is 299 g/mol. The van der Waals surface area contributed by atoms with Gasteiger partial charge in [-0.05, 0) is 13.8 Å². The van der Waals surface area contributed by atoms with Crippen molar-refractivity contribution in [3.05, 3.63) is 77.2 Å². The van der Waals surface area contributed by atoms with Crippen LogP contribution >= 0.6 is 0 Å². The van der Waals surface area contributed by atoms with Gasteiger partial charge in [-0.15, -0.1) is 41.8 Å². The van der Waals surface area contributed by atoms with Gasteiger partial charge in [0.2, 0.25) is 0 Å². The molecule has 88 valence electrons. The minimum absolute atomic E-state index is 0. The van der Waals surface area contributed by atoms with Crippen LogP contribution in [0.4, 0.5) is 0 Å². The van der Waals surface area contributed by atoms with E-state index in [9.17, 15) is 0 Å². The molecule has 2 heteroatoms. The Morgan fingerprint density at radius 2 is 0.882 bits per heavy atom. The molecule has 2 rings (SSSR count). The van der Waals surface area contributed by atoms with E-state index in [0.717, 1.165) is 0 Å². The maximum Gasteiger partial charge on any atom is 0 e. The minimum atomic E-state index is 0. The van der Waals surface area contributed by atoms with E-state index in [1.807, 2.05) is 0 Å². The summed E-state index contributed by atoms with van der Waals surface area (Å²) in [5, 5.41) is 0. The van der Waals surface area contributed by atoms with Crippen molar-refractivity contribution < 1.29 is 34.7 Å². The molecule has 0 radical (unpaired) electrons. The van der Waals surface area contributed by atoms with Crippen molar-refractivity contribution in [3.8, 4) is 0 Å². The molecule has 0 heterocycles. The summed E-state index contributed by atoms with van der Waals surface area (Å²) < 4.78 is 0. The van der Waals surface area contributed by atoms with Gasteiger partial charge in [0.1, 0.15) is 0 Å². The first-order valence-electron chi connectivity index (χ1n) is 5.22. The van der Waals surface area contributed by atoms with Gasteiger partial charge >= 0.3 is 0 Å². The first-order valence-corrected chi connectivity index (χ1v) is 5.22. The average Bonchev–Trinajstić information content (AvgIpc) is 2.25. The molecular weight excluding hydrogens is 284 g/mol. The second-order valence-corrected chi connectivity index (χ2v) is 3.97. The molecule has 0 nitrogen and oxygen atoms in total. The van der Waals surface area contributed by atoms with Gasteiger partial charge < -0.3 is 0 Å². The van der Waals surface area contributed by atoms with Gasteiger partial charge in [-0.3, -0.25) is 0 Å². The van der Waals surface area contributed by atoms with Crippen LogP contribution < -0.4 is 0 Å². The quantitative estimate of drug-likeness (QED) is 0.738. The fraction of sp³-hybridized carbons (Fsp3) is 0.133. The zero-order valence-corrected chi connectivity index (χ0v) is 12.6. The van der Waals surface area contributed by atoms with Gasteiger partial charge in [0.15, 0.2) is 0 Å². The van der Waals surface area contributed by atoms with Crippen molar-refractivity contribution in [2.75, 3.05) is 0 Å². The second kappa shape index (κ2) is 7.65. The number of hydrogen-bond acceptors (Lipinski definition) is 0. The molecular formula is C15H15Cr2-. The first-order chi connectivity index (χ1) is 7.24. The van der Waals surface area contributed by atoms with Gasteiger partial charge in [-0.2, -0.15) is 0 Å². The SMILES string of the molecule is Cc1ccc([CH-]c2ccc(C)cc2)cc1.[Cr].[Cr]. The molecule has 0 N–H and O–H groups in total. The van der Waals surface area contributed by atoms with Gasteiger partial charge in [0, 0.05) is 34.7 Å². The molecule has 0 aliphatic heterocycles. The van der Waals surface area contributed by atoms with E-state index in [-0.39, 0.29) is 34.7 Å². The largest absolute Gasteiger partial charge is 0.126 e. The van der Waals surface area contributed by atoms with Crippen molar-refractivity contribution >= 4 is 0 Å². The van der Waals surface area contributed by atoms with Crippen LogP contribution in [-0.2, 0) is 34.7 Å². The summed E-state index contributed by atoms with van der Waals surface area (Å²) in [7, 11) is 0. The Labute approximate surface area is 125 Å². The summed E-state index contributed by atoms with van der Waals surface area (Å²) in [6.07, 6.45) is 2.19. The standard InChI is InChI=1S/C15H15.2Cr/c1-12-3-7-14(8-4-12)11-15-9-5-13(2)6-10-15;;/h3-11H,1-2H3;;/q-1;;. The van der Waals surface area contributed by atoms with Crippen molar-refractivity contribution in [2.45, 2.75) is 13.8 Å². The molecule has 0 amide bonds. The third kappa shape index (κ3) is 5.03. The molecule has 0 spiro atoms. The fourth-order valence-corrected chi connectivity index (χ4v) is 1.52. The summed E-state index contributed by atoms with van der Waals surface area (Å²) in [5.41, 5.74) is 5.11. The molecule has 17 heavy (non-hydrogen) atoms. The second-order valence-electron chi connectivity index (χ2n) is 3.97. The molecule has 0 saturated carbocycles. The predicted molar refractivity (Wildman–Crippen MR) is 64.9 cm³/mol. The van der Waals surface area contributed by atoms with Crippen LogP contribution in [0.2, 0.25) is 0 Å². The number of benzene rings is 2. The Balaban J connectivity index is 0.00000128. The van der Waals surface area contributed by atoms with Crippen LogP contribution in [0.5, 0.6) is 0 Å². The Bertz CT molecular complexity index is 386. The van der Waals surface area contributed by atoms with Gasteiger partial charge in [0.05, 0.1) is 0 Å². The maximum atomic E-state index is 2.19. The third-order valence-corrected chi connectivity index (χ3v) is 2.49. The zero-order valence-electron chi connectivity index (χ0n) is 10.0. The fourth-order valence-electron chi connectivity index (χ4n) is 1.52. The molecule has 2 aromatic carbocycles. The van der Waals surface area contributed by atoms with Crippen molar-refractivity contribution in [1.82, 2.24) is 0 Å². The third-order valence-electron chi connectivity index (χ3n) is 2.49. The van der Waals surface area contributed by atoms with E-state index in [0.29, 0.717) is 0 Å². The van der Waals surface area contributed by atoms with E-state index < -0.39 is 0 Å². The van der Waals surface area contributed by atoms with Crippen molar-refractivity contribution in [2.24, 2.45) is 0 Å². The van der Waals surface area contributed by atoms with Crippen molar-refractivity contribution in [3.63, 3.8) is 0 Å². The summed E-state index contributed by atoms with van der Waals surface area (Å²) in [5.74, 6) is 0. The summed E-state index contributed by atoms with van der Waals surface area (Å²) in [6.45, 7) is 4.21. The van der Waals surface area contributed by atoms with Crippen LogP contribution in [0.1, 0.15) is 22.3 Å². The summed E-state index contributed by atoms with van der Waals surface area (Å²) in [6, 6.07) is 17.1. The van der Waals surface area contributed by atoms with E-state index in [4.69, 9.17) is 0 Å². The molecule has 0 atom stereocenters. The molecule has 0 aromatic heterocycles. The Hall–Kier alpha value is -0.625. The molecule has 0 saturated heterocycles. The van der Waals surface area contributed by atoms with E-state index in [1.165, 1.54) is 22.3 Å². The molecule has 0 aliphatic rings. The summed E-state index contributed by atoms with van der Waals surface area (Å²) >= 11 is 0. The van der Waals surface area contributed by atoms with Gasteiger partial charge in [-0.25, -0.2) is 0 Å². The van der Waals surface area contributed by atoms with Crippen LogP contribution in [0.3, 0.4) is 0 Å². The molecule has 0 bridgehead atoms. The Morgan fingerprint density at radius 1 is 0.588 bits per heavy atom. The zero-order chi connectivity index (χ0) is 10.7. The topological polar surface area (TPSA) is 0 Å². The smallest absolute Gasteiger partial charge is 0 e. The Morgan fingerprint density at radius 3 is 1.18 bits per heavy atom. The van der Waals surface area contributed by atoms with Gasteiger partial charge in [0.25, 0.3) is 0 Å². The maximum absolute atomic E-state index is 2.19. The number of rotatable bonds is 2. The molecule has 0 fully saturated rings.